The summed E-state index contributed by atoms with van der Waals surface area (Å²) in [5.41, 5.74) is 8.68. The van der Waals surface area contributed by atoms with Crippen LogP contribution in [-0.2, 0) is 0 Å². The number of hydrogen-bond acceptors (Lipinski definition) is 3. The molecule has 0 unspecified atom stereocenters. The van der Waals surface area contributed by atoms with Gasteiger partial charge in [-0.2, -0.15) is 0 Å². The molecule has 5 heterocycles. The van der Waals surface area contributed by atoms with Crippen LogP contribution < -0.4 is 0 Å². The molecule has 2 aliphatic heterocycles. The van der Waals surface area contributed by atoms with E-state index in [0.29, 0.717) is 5.56 Å². The first-order valence-electron chi connectivity index (χ1n) is 10.1. The van der Waals surface area contributed by atoms with E-state index in [1.54, 1.807) is 6.07 Å². The van der Waals surface area contributed by atoms with E-state index in [1.165, 1.54) is 0 Å². The highest BCUT2D eigenvalue weighted by Gasteiger charge is 2.16. The van der Waals surface area contributed by atoms with Crippen LogP contribution in [0.3, 0.4) is 0 Å². The lowest BCUT2D eigenvalue weighted by Gasteiger charge is -2.06. The molecule has 0 spiro atoms. The van der Waals surface area contributed by atoms with Gasteiger partial charge in [-0.15, -0.1) is 0 Å². The summed E-state index contributed by atoms with van der Waals surface area (Å²) >= 11 is 0. The first kappa shape index (κ1) is 17.5. The van der Waals surface area contributed by atoms with Gasteiger partial charge in [0.15, 0.2) is 0 Å². The molecule has 0 fully saturated rings. The summed E-state index contributed by atoms with van der Waals surface area (Å²) in [6.07, 6.45) is 7.89. The van der Waals surface area contributed by atoms with Gasteiger partial charge in [-0.3, -0.25) is 0 Å². The lowest BCUT2D eigenvalue weighted by molar-refractivity contribution is 0.477. The van der Waals surface area contributed by atoms with Crippen molar-refractivity contribution in [2.75, 3.05) is 0 Å². The summed E-state index contributed by atoms with van der Waals surface area (Å²) in [5, 5.41) is 10.6. The molecule has 0 aliphatic carbocycles. The number of nitrogens with zero attached hydrogens (tertiary/aromatic N) is 2. The Balaban J connectivity index is 1.74. The van der Waals surface area contributed by atoms with Gasteiger partial charge in [0.2, 0.25) is 0 Å². The lowest BCUT2D eigenvalue weighted by Crippen LogP contribution is -1.89. The summed E-state index contributed by atoms with van der Waals surface area (Å²) in [4.78, 5) is 16.5. The SMILES string of the molecule is Oc1ccccc1-c1c2nc(cc3ccc(cc4ccc(cc5nc1C=C5)[nH]4)[nH]3)C=C2. The molecule has 3 aromatic heterocycles. The molecule has 2 aliphatic rings. The largest absolute Gasteiger partial charge is 0.507 e. The minimum absolute atomic E-state index is 0.201. The van der Waals surface area contributed by atoms with Crippen molar-refractivity contribution in [3.8, 4) is 16.9 Å². The van der Waals surface area contributed by atoms with Crippen LogP contribution in [0.2, 0.25) is 0 Å². The van der Waals surface area contributed by atoms with Crippen LogP contribution in [0.5, 0.6) is 5.75 Å². The molecule has 31 heavy (non-hydrogen) atoms. The fourth-order valence-corrected chi connectivity index (χ4v) is 3.97. The van der Waals surface area contributed by atoms with Crippen LogP contribution in [0, 0.1) is 0 Å². The van der Waals surface area contributed by atoms with E-state index in [0.717, 1.165) is 50.4 Å². The third-order valence-electron chi connectivity index (χ3n) is 5.39. The van der Waals surface area contributed by atoms with Crippen molar-refractivity contribution in [2.45, 2.75) is 0 Å². The Morgan fingerprint density at radius 1 is 0.581 bits per heavy atom. The third-order valence-corrected chi connectivity index (χ3v) is 5.39. The van der Waals surface area contributed by atoms with Gasteiger partial charge in [0, 0.05) is 33.2 Å². The van der Waals surface area contributed by atoms with E-state index in [4.69, 9.17) is 9.97 Å². The highest BCUT2D eigenvalue weighted by atomic mass is 16.3. The van der Waals surface area contributed by atoms with E-state index in [1.807, 2.05) is 78.9 Å². The van der Waals surface area contributed by atoms with Crippen LogP contribution in [0.15, 0.2) is 66.7 Å². The van der Waals surface area contributed by atoms with Gasteiger partial charge in [-0.05, 0) is 72.8 Å². The van der Waals surface area contributed by atoms with Gasteiger partial charge in [0.1, 0.15) is 5.75 Å². The van der Waals surface area contributed by atoms with Gasteiger partial charge in [-0.25, -0.2) is 9.97 Å². The summed E-state index contributed by atoms with van der Waals surface area (Å²) in [5.74, 6) is 0.201. The molecule has 0 radical (unpaired) electrons. The van der Waals surface area contributed by atoms with Crippen molar-refractivity contribution in [2.24, 2.45) is 0 Å². The van der Waals surface area contributed by atoms with Crippen LogP contribution in [0.25, 0.3) is 57.5 Å². The van der Waals surface area contributed by atoms with Crippen LogP contribution in [0.4, 0.5) is 0 Å². The molecule has 6 rings (SSSR count). The monoisotopic (exact) mass is 402 g/mol. The first-order chi connectivity index (χ1) is 15.2. The molecule has 0 saturated heterocycles. The number of aromatic hydroxyl groups is 1. The van der Waals surface area contributed by atoms with E-state index < -0.39 is 0 Å². The average molecular weight is 402 g/mol. The molecule has 0 saturated carbocycles. The molecule has 4 aromatic rings. The van der Waals surface area contributed by atoms with E-state index in [-0.39, 0.29) is 5.75 Å². The van der Waals surface area contributed by atoms with Gasteiger partial charge in [-0.1, -0.05) is 18.2 Å². The maximum Gasteiger partial charge on any atom is 0.123 e. The topological polar surface area (TPSA) is 77.6 Å². The van der Waals surface area contributed by atoms with Gasteiger partial charge < -0.3 is 15.1 Å². The molecule has 3 N–H and O–H groups in total. The number of nitrogens with one attached hydrogen (secondary N) is 2. The fourth-order valence-electron chi connectivity index (χ4n) is 3.97. The van der Waals surface area contributed by atoms with E-state index >= 15 is 0 Å². The highest BCUT2D eigenvalue weighted by Crippen LogP contribution is 2.35. The van der Waals surface area contributed by atoms with E-state index in [2.05, 4.69) is 16.0 Å². The predicted molar refractivity (Wildman–Crippen MR) is 126 cm³/mol. The Morgan fingerprint density at radius 2 is 1.10 bits per heavy atom. The normalized spacial score (nSPS) is 12.4. The minimum Gasteiger partial charge on any atom is -0.507 e. The zero-order valence-corrected chi connectivity index (χ0v) is 16.5. The highest BCUT2D eigenvalue weighted by molar-refractivity contribution is 5.90. The van der Waals surface area contributed by atoms with E-state index in [9.17, 15) is 5.11 Å². The number of phenols is 1. The van der Waals surface area contributed by atoms with Gasteiger partial charge in [0.05, 0.1) is 22.8 Å². The van der Waals surface area contributed by atoms with Gasteiger partial charge in [0.25, 0.3) is 0 Å². The minimum atomic E-state index is 0.201. The van der Waals surface area contributed by atoms with Crippen LogP contribution in [0.1, 0.15) is 22.8 Å². The van der Waals surface area contributed by atoms with Crippen LogP contribution in [-0.4, -0.2) is 25.0 Å². The predicted octanol–water partition coefficient (Wildman–Crippen LogP) is 6.03. The number of aromatic amines is 2. The zero-order valence-electron chi connectivity index (χ0n) is 16.5. The number of fused-ring (bicyclic) bond motifs is 8. The second-order valence-corrected chi connectivity index (χ2v) is 7.57. The standard InChI is InChI=1S/C26H18N4O/c31-25-4-2-1-3-22(25)26-23-11-9-20(29-23)14-18-7-5-16(27-18)13-17-6-8-19(28-17)15-21-10-12-24(26)30-21/h1-15,27-28,31H. The molecule has 0 atom stereocenters. The number of phenolic OH excluding ortho intramolecular Hbond substituents is 1. The Morgan fingerprint density at radius 3 is 1.65 bits per heavy atom. The fraction of sp³-hybridized carbons (Fsp3) is 0. The van der Waals surface area contributed by atoms with Crippen molar-refractivity contribution in [1.82, 2.24) is 19.9 Å². The zero-order chi connectivity index (χ0) is 20.8. The van der Waals surface area contributed by atoms with Gasteiger partial charge >= 0.3 is 0 Å². The molecule has 0 amide bonds. The Labute approximate surface area is 178 Å². The maximum absolute atomic E-state index is 10.6. The molecule has 5 nitrogen and oxygen atoms in total. The van der Waals surface area contributed by atoms with Crippen molar-refractivity contribution in [3.05, 3.63) is 89.5 Å². The number of hydrogen-bond donors (Lipinski definition) is 3. The number of H-pyrrole nitrogens is 2. The third kappa shape index (κ3) is 3.22. The first-order valence-corrected chi connectivity index (χ1v) is 10.1. The summed E-state index contributed by atoms with van der Waals surface area (Å²) < 4.78 is 0. The molecule has 5 heteroatoms. The van der Waals surface area contributed by atoms with Crippen LogP contribution >= 0.6 is 0 Å². The molecular weight excluding hydrogens is 384 g/mol. The second-order valence-electron chi connectivity index (χ2n) is 7.57. The molecule has 1 aromatic carbocycles. The number of benzene rings is 1. The number of para-hydroxylation sites is 1. The summed E-state index contributed by atoms with van der Waals surface area (Å²) in [6, 6.07) is 21.5. The quantitative estimate of drug-likeness (QED) is 0.314. The van der Waals surface area contributed by atoms with Crippen molar-refractivity contribution in [1.29, 1.82) is 0 Å². The maximum atomic E-state index is 10.6. The second kappa shape index (κ2) is 6.85. The number of rotatable bonds is 1. The Kier molecular flexibility index (Phi) is 3.86. The average Bonchev–Trinajstić information content (AvgIpc) is 3.55. The van der Waals surface area contributed by atoms with Crippen molar-refractivity contribution in [3.63, 3.8) is 0 Å². The summed E-state index contributed by atoms with van der Waals surface area (Å²) in [7, 11) is 0. The lowest BCUT2D eigenvalue weighted by atomic mass is 10.0. The number of aromatic nitrogens is 4. The molecule has 148 valence electrons. The molecule has 8 bridgehead atoms. The molecular formula is C26H18N4O. The Hall–Kier alpha value is -4.38. The van der Waals surface area contributed by atoms with Crippen molar-refractivity contribution < 1.29 is 5.11 Å². The summed E-state index contributed by atoms with van der Waals surface area (Å²) in [6.45, 7) is 0. The smallest absolute Gasteiger partial charge is 0.123 e. The Bertz CT molecular complexity index is 1460. The van der Waals surface area contributed by atoms with Crippen molar-refractivity contribution >= 4 is 46.4 Å².